The Labute approximate surface area is 106 Å². The standard InChI is InChI=1S/C12H18N4O2/c1-15(8-11-3-5-18-14-11)9-12-7-13-10-16(12)4-6-17-2/h3,5,7,10H,4,6,8-9H2,1-2H3. The van der Waals surface area contributed by atoms with E-state index in [2.05, 4.69) is 19.6 Å². The van der Waals surface area contributed by atoms with Crippen molar-refractivity contribution in [2.24, 2.45) is 0 Å². The van der Waals surface area contributed by atoms with Gasteiger partial charge in [-0.3, -0.25) is 4.90 Å². The van der Waals surface area contributed by atoms with E-state index in [0.717, 1.165) is 31.0 Å². The van der Waals surface area contributed by atoms with Gasteiger partial charge in [0.15, 0.2) is 0 Å². The molecule has 6 heteroatoms. The molecule has 2 heterocycles. The lowest BCUT2D eigenvalue weighted by molar-refractivity contribution is 0.185. The lowest BCUT2D eigenvalue weighted by atomic mass is 10.3. The Hall–Kier alpha value is -1.66. The third-order valence-electron chi connectivity index (χ3n) is 2.69. The van der Waals surface area contributed by atoms with Crippen LogP contribution < -0.4 is 0 Å². The first kappa shape index (κ1) is 12.8. The summed E-state index contributed by atoms with van der Waals surface area (Å²) in [6.07, 6.45) is 5.30. The van der Waals surface area contributed by atoms with Gasteiger partial charge in [0, 0.05) is 39.0 Å². The number of nitrogens with zero attached hydrogens (tertiary/aromatic N) is 4. The van der Waals surface area contributed by atoms with E-state index in [4.69, 9.17) is 9.26 Å². The molecule has 0 saturated carbocycles. The Balaban J connectivity index is 1.90. The third kappa shape index (κ3) is 3.41. The minimum Gasteiger partial charge on any atom is -0.383 e. The largest absolute Gasteiger partial charge is 0.383 e. The minimum atomic E-state index is 0.691. The number of rotatable bonds is 7. The van der Waals surface area contributed by atoms with E-state index in [1.807, 2.05) is 25.6 Å². The van der Waals surface area contributed by atoms with Crippen LogP contribution in [0.25, 0.3) is 0 Å². The van der Waals surface area contributed by atoms with E-state index >= 15 is 0 Å². The summed E-state index contributed by atoms with van der Waals surface area (Å²) in [4.78, 5) is 6.34. The molecule has 18 heavy (non-hydrogen) atoms. The van der Waals surface area contributed by atoms with Crippen LogP contribution >= 0.6 is 0 Å². The van der Waals surface area contributed by atoms with Crippen molar-refractivity contribution < 1.29 is 9.26 Å². The van der Waals surface area contributed by atoms with Crippen molar-refractivity contribution in [3.63, 3.8) is 0 Å². The van der Waals surface area contributed by atoms with Gasteiger partial charge in [-0.1, -0.05) is 5.16 Å². The van der Waals surface area contributed by atoms with Crippen molar-refractivity contribution in [2.45, 2.75) is 19.6 Å². The highest BCUT2D eigenvalue weighted by Gasteiger charge is 2.07. The molecular formula is C12H18N4O2. The van der Waals surface area contributed by atoms with E-state index in [-0.39, 0.29) is 0 Å². The Morgan fingerprint density at radius 2 is 2.33 bits per heavy atom. The van der Waals surface area contributed by atoms with Gasteiger partial charge >= 0.3 is 0 Å². The maximum Gasteiger partial charge on any atom is 0.124 e. The summed E-state index contributed by atoms with van der Waals surface area (Å²) in [5.74, 6) is 0. The van der Waals surface area contributed by atoms with Crippen molar-refractivity contribution in [1.29, 1.82) is 0 Å². The zero-order valence-electron chi connectivity index (χ0n) is 10.7. The lowest BCUT2D eigenvalue weighted by Crippen LogP contribution is -2.20. The Kier molecular flexibility index (Phi) is 4.49. The van der Waals surface area contributed by atoms with Crippen molar-refractivity contribution in [3.05, 3.63) is 36.2 Å². The van der Waals surface area contributed by atoms with Crippen molar-refractivity contribution >= 4 is 0 Å². The molecule has 2 rings (SSSR count). The van der Waals surface area contributed by atoms with Crippen molar-refractivity contribution in [2.75, 3.05) is 20.8 Å². The van der Waals surface area contributed by atoms with Gasteiger partial charge in [-0.2, -0.15) is 0 Å². The molecule has 0 fully saturated rings. The number of aromatic nitrogens is 3. The maximum atomic E-state index is 5.08. The molecule has 0 atom stereocenters. The molecule has 98 valence electrons. The summed E-state index contributed by atoms with van der Waals surface area (Å²) in [5.41, 5.74) is 2.10. The number of hydrogen-bond acceptors (Lipinski definition) is 5. The average Bonchev–Trinajstić information content (AvgIpc) is 2.98. The fourth-order valence-electron chi connectivity index (χ4n) is 1.80. The average molecular weight is 250 g/mol. The second kappa shape index (κ2) is 6.32. The molecule has 0 aliphatic carbocycles. The van der Waals surface area contributed by atoms with Gasteiger partial charge in [0.2, 0.25) is 0 Å². The van der Waals surface area contributed by atoms with E-state index in [9.17, 15) is 0 Å². The summed E-state index contributed by atoms with van der Waals surface area (Å²) < 4.78 is 12.0. The quantitative estimate of drug-likeness (QED) is 0.737. The highest BCUT2D eigenvalue weighted by Crippen LogP contribution is 2.06. The van der Waals surface area contributed by atoms with Gasteiger partial charge in [-0.25, -0.2) is 4.98 Å². The molecule has 0 radical (unpaired) electrons. The summed E-state index contributed by atoms with van der Waals surface area (Å²) in [6, 6.07) is 1.87. The molecule has 0 spiro atoms. The van der Waals surface area contributed by atoms with Gasteiger partial charge in [0.1, 0.15) is 6.26 Å². The molecule has 0 saturated heterocycles. The molecule has 0 bridgehead atoms. The monoisotopic (exact) mass is 250 g/mol. The maximum absolute atomic E-state index is 5.08. The summed E-state index contributed by atoms with van der Waals surface area (Å²) >= 11 is 0. The number of methoxy groups -OCH3 is 1. The molecule has 0 aliphatic heterocycles. The van der Waals surface area contributed by atoms with Crippen molar-refractivity contribution in [1.82, 2.24) is 19.6 Å². The SMILES string of the molecule is COCCn1cncc1CN(C)Cc1ccon1. The smallest absolute Gasteiger partial charge is 0.124 e. The van der Waals surface area contributed by atoms with Crippen LogP contribution in [-0.4, -0.2) is 40.4 Å². The second-order valence-corrected chi connectivity index (χ2v) is 4.23. The first-order valence-electron chi connectivity index (χ1n) is 5.85. The molecule has 0 aliphatic rings. The number of imidazole rings is 1. The third-order valence-corrected chi connectivity index (χ3v) is 2.69. The first-order valence-corrected chi connectivity index (χ1v) is 5.85. The number of hydrogen-bond donors (Lipinski definition) is 0. The number of ether oxygens (including phenoxy) is 1. The van der Waals surface area contributed by atoms with Crippen LogP contribution in [0.5, 0.6) is 0 Å². The molecule has 0 N–H and O–H groups in total. The van der Waals surface area contributed by atoms with Crippen LogP contribution in [0.3, 0.4) is 0 Å². The van der Waals surface area contributed by atoms with Gasteiger partial charge in [0.05, 0.1) is 24.3 Å². The van der Waals surface area contributed by atoms with Gasteiger partial charge in [-0.15, -0.1) is 0 Å². The molecule has 0 unspecified atom stereocenters. The van der Waals surface area contributed by atoms with Gasteiger partial charge < -0.3 is 13.8 Å². The van der Waals surface area contributed by atoms with Crippen LogP contribution in [0.2, 0.25) is 0 Å². The Morgan fingerprint density at radius 1 is 1.44 bits per heavy atom. The highest BCUT2D eigenvalue weighted by molar-refractivity contribution is 5.00. The van der Waals surface area contributed by atoms with Crippen LogP contribution in [-0.2, 0) is 24.4 Å². The fraction of sp³-hybridized carbons (Fsp3) is 0.500. The van der Waals surface area contributed by atoms with Crippen LogP contribution in [0.1, 0.15) is 11.4 Å². The molecule has 6 nitrogen and oxygen atoms in total. The molecule has 2 aromatic rings. The minimum absolute atomic E-state index is 0.691. The van der Waals surface area contributed by atoms with Crippen LogP contribution in [0.15, 0.2) is 29.4 Å². The topological polar surface area (TPSA) is 56.3 Å². The van der Waals surface area contributed by atoms with E-state index in [0.29, 0.717) is 6.61 Å². The van der Waals surface area contributed by atoms with Crippen LogP contribution in [0.4, 0.5) is 0 Å². The predicted octanol–water partition coefficient (Wildman–Crippen LogP) is 1.15. The second-order valence-electron chi connectivity index (χ2n) is 4.23. The fourth-order valence-corrected chi connectivity index (χ4v) is 1.80. The molecule has 0 amide bonds. The van der Waals surface area contributed by atoms with Gasteiger partial charge in [0.25, 0.3) is 0 Å². The predicted molar refractivity (Wildman–Crippen MR) is 65.8 cm³/mol. The Bertz CT molecular complexity index is 452. The van der Waals surface area contributed by atoms with E-state index < -0.39 is 0 Å². The normalized spacial score (nSPS) is 11.3. The Morgan fingerprint density at radius 3 is 3.06 bits per heavy atom. The molecule has 0 aromatic carbocycles. The lowest BCUT2D eigenvalue weighted by Gasteiger charge is -2.16. The van der Waals surface area contributed by atoms with Crippen molar-refractivity contribution in [3.8, 4) is 0 Å². The molecular weight excluding hydrogens is 232 g/mol. The summed E-state index contributed by atoms with van der Waals surface area (Å²) in [5, 5.41) is 3.90. The van der Waals surface area contributed by atoms with Gasteiger partial charge in [-0.05, 0) is 7.05 Å². The molecule has 2 aromatic heterocycles. The zero-order valence-corrected chi connectivity index (χ0v) is 10.7. The zero-order chi connectivity index (χ0) is 12.8. The van der Waals surface area contributed by atoms with Crippen LogP contribution in [0, 0.1) is 0 Å². The summed E-state index contributed by atoms with van der Waals surface area (Å²) in [6.45, 7) is 3.09. The van der Waals surface area contributed by atoms with E-state index in [1.165, 1.54) is 0 Å². The highest BCUT2D eigenvalue weighted by atomic mass is 16.5. The first-order chi connectivity index (χ1) is 8.79. The summed E-state index contributed by atoms with van der Waals surface area (Å²) in [7, 11) is 3.75. The van der Waals surface area contributed by atoms with E-state index in [1.54, 1.807) is 13.4 Å².